The van der Waals surface area contributed by atoms with E-state index in [2.05, 4.69) is 4.99 Å². The largest absolute Gasteiger partial charge is 0.488 e. The zero-order valence-corrected chi connectivity index (χ0v) is 14.2. The Kier molecular flexibility index (Phi) is 8.37. The Morgan fingerprint density at radius 1 is 1.04 bits per heavy atom. The predicted molar refractivity (Wildman–Crippen MR) is 102 cm³/mol. The second kappa shape index (κ2) is 9.20. The predicted octanol–water partition coefficient (Wildman–Crippen LogP) is 2.04. The van der Waals surface area contributed by atoms with Gasteiger partial charge >= 0.3 is 7.12 Å². The lowest BCUT2D eigenvalue weighted by Gasteiger charge is -2.12. The lowest BCUT2D eigenvalue weighted by Crippen LogP contribution is -2.29. The molecule has 1 rings (SSSR count). The molecule has 0 radical (unpaired) electrons. The van der Waals surface area contributed by atoms with E-state index in [9.17, 15) is 14.8 Å². The highest BCUT2D eigenvalue weighted by Crippen LogP contribution is 2.21. The van der Waals surface area contributed by atoms with Crippen LogP contribution in [0.1, 0.15) is 47.6 Å². The number of hydrogen-bond donors (Lipinski definition) is 3. The number of carbonyl (C=O) groups is 1. The highest BCUT2D eigenvalue weighted by Gasteiger charge is 2.13. The molecular weight excluding hydrogens is 303 g/mol. The number of aliphatic imine (C=N–C) groups is 1. The summed E-state index contributed by atoms with van der Waals surface area (Å²) < 4.78 is 0. The van der Waals surface area contributed by atoms with Gasteiger partial charge in [0.1, 0.15) is 0 Å². The normalized spacial score (nSPS) is 12.0. The third kappa shape index (κ3) is 5.47. The van der Waals surface area contributed by atoms with Gasteiger partial charge in [-0.1, -0.05) is 37.3 Å². The highest BCUT2D eigenvalue weighted by atomic mass is 16.4. The maximum Gasteiger partial charge on any atom is 0.488 e. The Hall–Kier alpha value is -2.18. The molecule has 0 spiro atoms. The Morgan fingerprint density at radius 3 is 1.92 bits per heavy atom. The molecule has 130 valence electrons. The Balaban J connectivity index is 0.00000529. The van der Waals surface area contributed by atoms with Crippen LogP contribution in [-0.4, -0.2) is 28.8 Å². The van der Waals surface area contributed by atoms with Crippen LogP contribution in [0.15, 0.2) is 46.1 Å². The second-order valence-corrected chi connectivity index (χ2v) is 5.64. The van der Waals surface area contributed by atoms with Gasteiger partial charge in [0.05, 0.1) is 0 Å². The number of amides is 1. The standard InChI is InChI=1S/C17H23BN2O3.CH4/c1-10(2)16(13(5)20-12(4)11(3)17(19)21)14-6-8-15(9-7-14)18(22)23;/h6-9,22-23H,1-5H3,(H2,19,21);1H4/b12-11+,20-13?;. The summed E-state index contributed by atoms with van der Waals surface area (Å²) in [6.07, 6.45) is 0. The molecule has 1 amide bonds. The lowest BCUT2D eigenvalue weighted by molar-refractivity contribution is -0.114. The molecule has 0 aliphatic rings. The van der Waals surface area contributed by atoms with E-state index in [0.717, 1.165) is 22.4 Å². The Labute approximate surface area is 144 Å². The van der Waals surface area contributed by atoms with Crippen LogP contribution in [0.4, 0.5) is 0 Å². The average Bonchev–Trinajstić information content (AvgIpc) is 2.46. The van der Waals surface area contributed by atoms with Crippen LogP contribution in [0.5, 0.6) is 0 Å². The van der Waals surface area contributed by atoms with E-state index in [1.54, 1.807) is 26.0 Å². The number of carbonyl (C=O) groups excluding carboxylic acids is 1. The number of hydrogen-bond acceptors (Lipinski definition) is 4. The number of rotatable bonds is 5. The lowest BCUT2D eigenvalue weighted by atomic mass is 9.79. The van der Waals surface area contributed by atoms with E-state index in [1.165, 1.54) is 0 Å². The van der Waals surface area contributed by atoms with Gasteiger partial charge in [-0.05, 0) is 45.6 Å². The topological polar surface area (TPSA) is 95.9 Å². The van der Waals surface area contributed by atoms with E-state index in [1.807, 2.05) is 32.9 Å². The van der Waals surface area contributed by atoms with Crippen LogP contribution < -0.4 is 11.2 Å². The number of primary amides is 1. The van der Waals surface area contributed by atoms with Gasteiger partial charge in [-0.2, -0.15) is 0 Å². The minimum absolute atomic E-state index is 0. The molecule has 5 nitrogen and oxygen atoms in total. The van der Waals surface area contributed by atoms with E-state index in [0.29, 0.717) is 16.7 Å². The zero-order chi connectivity index (χ0) is 17.7. The molecule has 0 unspecified atom stereocenters. The third-order valence-electron chi connectivity index (χ3n) is 3.61. The first-order valence-electron chi connectivity index (χ1n) is 7.32. The van der Waals surface area contributed by atoms with Crippen LogP contribution in [0.2, 0.25) is 0 Å². The Bertz CT molecular complexity index is 683. The summed E-state index contributed by atoms with van der Waals surface area (Å²) >= 11 is 0. The van der Waals surface area contributed by atoms with Crippen molar-refractivity contribution in [2.75, 3.05) is 0 Å². The van der Waals surface area contributed by atoms with Crippen LogP contribution in [0.3, 0.4) is 0 Å². The summed E-state index contributed by atoms with van der Waals surface area (Å²) in [5.74, 6) is -0.487. The molecule has 24 heavy (non-hydrogen) atoms. The van der Waals surface area contributed by atoms with Gasteiger partial charge in [0, 0.05) is 22.6 Å². The molecule has 0 aliphatic heterocycles. The van der Waals surface area contributed by atoms with Crippen molar-refractivity contribution < 1.29 is 14.8 Å². The van der Waals surface area contributed by atoms with Crippen molar-refractivity contribution in [3.8, 4) is 0 Å². The van der Waals surface area contributed by atoms with Crippen LogP contribution in [0, 0.1) is 0 Å². The minimum atomic E-state index is -1.49. The molecule has 4 N–H and O–H groups in total. The fraction of sp³-hybridized carbons (Fsp3) is 0.333. The van der Waals surface area contributed by atoms with Gasteiger partial charge in [0.2, 0.25) is 5.91 Å². The second-order valence-electron chi connectivity index (χ2n) is 5.64. The number of nitrogens with zero attached hydrogens (tertiary/aromatic N) is 1. The first kappa shape index (κ1) is 21.8. The summed E-state index contributed by atoms with van der Waals surface area (Å²) in [7, 11) is -1.49. The minimum Gasteiger partial charge on any atom is -0.423 e. The van der Waals surface area contributed by atoms with E-state index >= 15 is 0 Å². The highest BCUT2D eigenvalue weighted by molar-refractivity contribution is 6.58. The first-order valence-corrected chi connectivity index (χ1v) is 7.32. The molecule has 0 saturated carbocycles. The fourth-order valence-corrected chi connectivity index (χ4v) is 2.25. The maximum atomic E-state index is 11.2. The summed E-state index contributed by atoms with van der Waals surface area (Å²) in [5, 5.41) is 18.3. The van der Waals surface area contributed by atoms with Gasteiger partial charge in [-0.25, -0.2) is 0 Å². The zero-order valence-electron chi connectivity index (χ0n) is 14.2. The van der Waals surface area contributed by atoms with Gasteiger partial charge in [0.15, 0.2) is 0 Å². The number of benzene rings is 1. The van der Waals surface area contributed by atoms with Crippen molar-refractivity contribution in [2.24, 2.45) is 10.7 Å². The third-order valence-corrected chi connectivity index (χ3v) is 3.61. The molecular formula is C18H27BN2O3. The summed E-state index contributed by atoms with van der Waals surface area (Å²) in [6, 6.07) is 6.95. The molecule has 0 fully saturated rings. The molecule has 0 bridgehead atoms. The van der Waals surface area contributed by atoms with Crippen LogP contribution in [-0.2, 0) is 4.79 Å². The van der Waals surface area contributed by atoms with Gasteiger partial charge in [0.25, 0.3) is 0 Å². The van der Waals surface area contributed by atoms with Crippen molar-refractivity contribution in [1.29, 1.82) is 0 Å². The molecule has 0 heterocycles. The summed E-state index contributed by atoms with van der Waals surface area (Å²) in [6.45, 7) is 9.21. The SMILES string of the molecule is C.CC(=N/C(C)=C(\C)C(N)=O)C(=C(C)C)c1ccc(B(O)O)cc1. The molecule has 1 aromatic carbocycles. The first-order chi connectivity index (χ1) is 10.6. The summed E-state index contributed by atoms with van der Waals surface area (Å²) in [4.78, 5) is 15.7. The van der Waals surface area contributed by atoms with E-state index in [-0.39, 0.29) is 7.43 Å². The fourth-order valence-electron chi connectivity index (χ4n) is 2.25. The van der Waals surface area contributed by atoms with Crippen molar-refractivity contribution in [3.05, 3.63) is 46.7 Å². The Morgan fingerprint density at radius 2 is 1.54 bits per heavy atom. The van der Waals surface area contributed by atoms with Crippen molar-refractivity contribution in [2.45, 2.75) is 42.0 Å². The molecule has 0 saturated heterocycles. The van der Waals surface area contributed by atoms with Gasteiger partial charge in [-0.3, -0.25) is 9.79 Å². The van der Waals surface area contributed by atoms with Crippen LogP contribution >= 0.6 is 0 Å². The smallest absolute Gasteiger partial charge is 0.423 e. The van der Waals surface area contributed by atoms with Gasteiger partial charge in [-0.15, -0.1) is 0 Å². The number of allylic oxidation sites excluding steroid dienone is 3. The van der Waals surface area contributed by atoms with E-state index in [4.69, 9.17) is 5.73 Å². The van der Waals surface area contributed by atoms with Gasteiger partial charge < -0.3 is 15.8 Å². The molecule has 1 aromatic rings. The maximum absolute atomic E-state index is 11.2. The van der Waals surface area contributed by atoms with E-state index < -0.39 is 13.0 Å². The van der Waals surface area contributed by atoms with Crippen molar-refractivity contribution >= 4 is 29.8 Å². The number of nitrogens with two attached hydrogens (primary N) is 1. The van der Waals surface area contributed by atoms with Crippen molar-refractivity contribution in [3.63, 3.8) is 0 Å². The average molecular weight is 330 g/mol. The monoisotopic (exact) mass is 330 g/mol. The quantitative estimate of drug-likeness (QED) is 0.438. The summed E-state index contributed by atoms with van der Waals surface area (Å²) in [5.41, 5.74) is 10.4. The molecule has 0 aliphatic carbocycles. The molecule has 0 atom stereocenters. The molecule has 6 heteroatoms. The molecule has 0 aromatic heterocycles. The van der Waals surface area contributed by atoms with Crippen LogP contribution in [0.25, 0.3) is 5.57 Å². The van der Waals surface area contributed by atoms with Crippen molar-refractivity contribution in [1.82, 2.24) is 0 Å².